The Hall–Kier alpha value is 0.548. The van der Waals surface area contributed by atoms with Gasteiger partial charge in [-0.05, 0) is 75.0 Å². The highest BCUT2D eigenvalue weighted by Crippen LogP contribution is 2.54. The summed E-state index contributed by atoms with van der Waals surface area (Å²) in [5.41, 5.74) is 1.38. The molecule has 0 N–H and O–H groups in total. The summed E-state index contributed by atoms with van der Waals surface area (Å²) in [5, 5.41) is 0. The van der Waals surface area contributed by atoms with E-state index in [4.69, 9.17) is 35.4 Å². The maximum Gasteiger partial charge on any atom is 0.350 e. The standard InChI is InChI=1S/C44H88O8Si4/c1-37(2)29-45-33-53(41-21-13-9-14-22-41)49-54(34-46-30-38(3)4,42-23-15-10-16-24-42)51-56(36-48-32-40(7)8,44-27-19-12-20-28-44)52-55(50-53,35-47-31-39(5)6)43-25-17-11-18-26-43/h37-44H,9-36H2,1-8H3. The van der Waals surface area contributed by atoms with E-state index < -0.39 is 34.2 Å². The first-order chi connectivity index (χ1) is 26.9. The van der Waals surface area contributed by atoms with E-state index in [0.717, 1.165) is 51.4 Å². The fourth-order valence-corrected chi connectivity index (χ4v) is 37.0. The van der Waals surface area contributed by atoms with Crippen molar-refractivity contribution < 1.29 is 35.4 Å². The van der Waals surface area contributed by atoms with Gasteiger partial charge < -0.3 is 35.4 Å². The lowest BCUT2D eigenvalue weighted by Crippen LogP contribution is -2.78. The van der Waals surface area contributed by atoms with Crippen LogP contribution in [-0.2, 0) is 35.4 Å². The third-order valence-corrected chi connectivity index (χ3v) is 34.1. The largest absolute Gasteiger partial charge is 0.412 e. The van der Waals surface area contributed by atoms with E-state index in [-0.39, 0.29) is 0 Å². The van der Waals surface area contributed by atoms with Gasteiger partial charge in [-0.2, -0.15) is 0 Å². The van der Waals surface area contributed by atoms with Crippen molar-refractivity contribution in [1.82, 2.24) is 0 Å². The highest BCUT2D eigenvalue weighted by atomic mass is 28.5. The van der Waals surface area contributed by atoms with Crippen LogP contribution in [0.15, 0.2) is 0 Å². The second-order valence-electron chi connectivity index (χ2n) is 20.6. The van der Waals surface area contributed by atoms with Gasteiger partial charge in [0.1, 0.15) is 0 Å². The minimum atomic E-state index is -3.21. The number of hydrogen-bond acceptors (Lipinski definition) is 8. The van der Waals surface area contributed by atoms with Crippen molar-refractivity contribution in [2.75, 3.05) is 51.3 Å². The maximum atomic E-state index is 8.52. The van der Waals surface area contributed by atoms with E-state index in [0.29, 0.717) is 97.2 Å². The summed E-state index contributed by atoms with van der Waals surface area (Å²) in [7, 11) is -12.9. The zero-order chi connectivity index (χ0) is 40.1. The monoisotopic (exact) mass is 857 g/mol. The van der Waals surface area contributed by atoms with Crippen molar-refractivity contribution in [3.63, 3.8) is 0 Å². The Morgan fingerprint density at radius 3 is 0.661 bits per heavy atom. The van der Waals surface area contributed by atoms with Crippen LogP contribution < -0.4 is 0 Å². The van der Waals surface area contributed by atoms with Gasteiger partial charge in [0.2, 0.25) is 0 Å². The molecule has 0 bridgehead atoms. The summed E-state index contributed by atoms with van der Waals surface area (Å²) in [6, 6.07) is 0. The first-order valence-electron chi connectivity index (χ1n) is 24.0. The predicted molar refractivity (Wildman–Crippen MR) is 237 cm³/mol. The van der Waals surface area contributed by atoms with Gasteiger partial charge >= 0.3 is 34.2 Å². The average Bonchev–Trinajstić information content (AvgIpc) is 3.18. The molecule has 0 aromatic heterocycles. The SMILES string of the molecule is CC(C)COC[Si]1(C2CCCCC2)O[Si](COCC(C)C)(C2CCCCC2)O[Si](COCC(C)C)(C2CCCCC2)O[Si](COCC(C)C)(C2CCCCC2)O1. The van der Waals surface area contributed by atoms with Crippen LogP contribution in [0.4, 0.5) is 0 Å². The van der Waals surface area contributed by atoms with Crippen LogP contribution in [0.2, 0.25) is 22.2 Å². The van der Waals surface area contributed by atoms with Gasteiger partial charge in [-0.15, -0.1) is 0 Å². The molecule has 56 heavy (non-hydrogen) atoms. The summed E-state index contributed by atoms with van der Waals surface area (Å²) in [6.45, 7) is 21.0. The van der Waals surface area contributed by atoms with E-state index in [9.17, 15) is 0 Å². The van der Waals surface area contributed by atoms with Crippen molar-refractivity contribution in [2.24, 2.45) is 23.7 Å². The fraction of sp³-hybridized carbons (Fsp3) is 1.00. The highest BCUT2D eigenvalue weighted by Gasteiger charge is 2.70. The van der Waals surface area contributed by atoms with Crippen LogP contribution in [0.3, 0.4) is 0 Å². The average molecular weight is 858 g/mol. The lowest BCUT2D eigenvalue weighted by molar-refractivity contribution is 0.0567. The van der Waals surface area contributed by atoms with Crippen LogP contribution in [0, 0.1) is 23.7 Å². The van der Waals surface area contributed by atoms with E-state index in [1.165, 1.54) is 77.0 Å². The Kier molecular flexibility index (Phi) is 19.7. The molecule has 0 atom stereocenters. The predicted octanol–water partition coefficient (Wildman–Crippen LogP) is 12.0. The first kappa shape index (κ1) is 47.6. The lowest BCUT2D eigenvalue weighted by Gasteiger charge is -2.59. The maximum absolute atomic E-state index is 8.52. The Morgan fingerprint density at radius 2 is 0.500 bits per heavy atom. The molecule has 4 saturated carbocycles. The van der Waals surface area contributed by atoms with Crippen molar-refractivity contribution in [3.8, 4) is 0 Å². The van der Waals surface area contributed by atoms with E-state index >= 15 is 0 Å². The fourth-order valence-electron chi connectivity index (χ4n) is 10.5. The van der Waals surface area contributed by atoms with Crippen molar-refractivity contribution in [2.45, 2.75) is 206 Å². The molecule has 8 nitrogen and oxygen atoms in total. The molecule has 4 aliphatic carbocycles. The molecule has 1 aliphatic heterocycles. The number of hydrogen-bond donors (Lipinski definition) is 0. The molecule has 0 unspecified atom stereocenters. The summed E-state index contributed by atoms with van der Waals surface area (Å²) < 4.78 is 61.8. The van der Waals surface area contributed by atoms with E-state index in [2.05, 4.69) is 55.4 Å². The van der Waals surface area contributed by atoms with Crippen LogP contribution in [-0.4, -0.2) is 85.6 Å². The van der Waals surface area contributed by atoms with Crippen molar-refractivity contribution >= 4 is 34.2 Å². The van der Waals surface area contributed by atoms with Crippen LogP contribution in [0.25, 0.3) is 0 Å². The molecule has 12 heteroatoms. The lowest BCUT2D eigenvalue weighted by atomic mass is 10.0. The quantitative estimate of drug-likeness (QED) is 0.112. The molecule has 0 spiro atoms. The van der Waals surface area contributed by atoms with Crippen molar-refractivity contribution in [1.29, 1.82) is 0 Å². The Morgan fingerprint density at radius 1 is 0.321 bits per heavy atom. The van der Waals surface area contributed by atoms with Crippen LogP contribution in [0.5, 0.6) is 0 Å². The highest BCUT2D eigenvalue weighted by molar-refractivity contribution is 6.96. The first-order valence-corrected chi connectivity index (χ1v) is 32.4. The zero-order valence-corrected chi connectivity index (χ0v) is 41.7. The van der Waals surface area contributed by atoms with Crippen molar-refractivity contribution in [3.05, 3.63) is 0 Å². The van der Waals surface area contributed by atoms with Gasteiger partial charge in [0, 0.05) is 48.6 Å². The summed E-state index contributed by atoms with van der Waals surface area (Å²) >= 11 is 0. The molecular formula is C44H88O8Si4. The molecule has 1 heterocycles. The molecule has 1 saturated heterocycles. The molecular weight excluding hydrogens is 769 g/mol. The number of rotatable bonds is 20. The molecule has 5 aliphatic rings. The normalized spacial score (nSPS) is 32.8. The third-order valence-electron chi connectivity index (χ3n) is 13.3. The summed E-state index contributed by atoms with van der Waals surface area (Å²) in [5.74, 6) is 1.73. The second kappa shape index (κ2) is 23.1. The van der Waals surface area contributed by atoms with Gasteiger partial charge in [-0.25, -0.2) is 0 Å². The van der Waals surface area contributed by atoms with Gasteiger partial charge in [0.05, 0.1) is 24.9 Å². The summed E-state index contributed by atoms with van der Waals surface area (Å²) in [6.07, 6.45) is 26.3. The van der Waals surface area contributed by atoms with E-state index in [1.807, 2.05) is 0 Å². The molecule has 0 aromatic rings. The number of ether oxygens (including phenoxy) is 4. The Bertz CT molecular complexity index is 911. The minimum absolute atomic E-state index is 0.345. The smallest absolute Gasteiger partial charge is 0.350 e. The van der Waals surface area contributed by atoms with E-state index in [1.54, 1.807) is 0 Å². The van der Waals surface area contributed by atoms with Crippen LogP contribution in [0.1, 0.15) is 184 Å². The molecule has 0 radical (unpaired) electrons. The molecule has 5 rings (SSSR count). The summed E-state index contributed by atoms with van der Waals surface area (Å²) in [4.78, 5) is 0. The molecule has 328 valence electrons. The molecule has 0 aromatic carbocycles. The van der Waals surface area contributed by atoms with Gasteiger partial charge in [0.15, 0.2) is 0 Å². The van der Waals surface area contributed by atoms with Crippen LogP contribution >= 0.6 is 0 Å². The molecule has 0 amide bonds. The third kappa shape index (κ3) is 13.3. The molecule has 5 fully saturated rings. The van der Waals surface area contributed by atoms with Gasteiger partial charge in [0.25, 0.3) is 0 Å². The zero-order valence-electron chi connectivity index (χ0n) is 37.7. The van der Waals surface area contributed by atoms with Gasteiger partial charge in [-0.1, -0.05) is 132 Å². The van der Waals surface area contributed by atoms with Gasteiger partial charge in [-0.3, -0.25) is 0 Å². The Balaban J connectivity index is 1.77. The topological polar surface area (TPSA) is 73.8 Å². The minimum Gasteiger partial charge on any atom is -0.412 e. The second-order valence-corrected chi connectivity index (χ2v) is 34.8. The Labute approximate surface area is 349 Å².